The van der Waals surface area contributed by atoms with Crippen molar-refractivity contribution in [1.82, 2.24) is 4.98 Å². The quantitative estimate of drug-likeness (QED) is 0.824. The van der Waals surface area contributed by atoms with E-state index in [1.165, 1.54) is 22.7 Å². The van der Waals surface area contributed by atoms with E-state index in [9.17, 15) is 4.79 Å². The highest BCUT2D eigenvalue weighted by atomic mass is 32.1. The molecule has 2 heterocycles. The zero-order chi connectivity index (χ0) is 13.0. The van der Waals surface area contributed by atoms with E-state index < -0.39 is 5.97 Å². The maximum atomic E-state index is 10.8. The molecule has 0 aliphatic carbocycles. The van der Waals surface area contributed by atoms with Gasteiger partial charge in [0.25, 0.3) is 0 Å². The van der Waals surface area contributed by atoms with Gasteiger partial charge >= 0.3 is 5.97 Å². The molecule has 0 bridgehead atoms. The normalized spacial score (nSPS) is 10.7. The van der Waals surface area contributed by atoms with E-state index >= 15 is 0 Å². The van der Waals surface area contributed by atoms with Gasteiger partial charge in [-0.15, -0.1) is 22.7 Å². The maximum Gasteiger partial charge on any atom is 0.336 e. The first-order chi connectivity index (χ1) is 8.70. The molecule has 2 aromatic heterocycles. The van der Waals surface area contributed by atoms with Crippen molar-refractivity contribution < 1.29 is 14.6 Å². The van der Waals surface area contributed by atoms with Crippen molar-refractivity contribution in [2.24, 2.45) is 0 Å². The summed E-state index contributed by atoms with van der Waals surface area (Å²) in [5.41, 5.74) is 1.14. The zero-order valence-corrected chi connectivity index (χ0v) is 11.5. The molecule has 0 aromatic carbocycles. The third kappa shape index (κ3) is 3.16. The predicted molar refractivity (Wildman–Crippen MR) is 72.3 cm³/mol. The number of hydrogen-bond acceptors (Lipinski definition) is 5. The minimum atomic E-state index is -0.903. The molecule has 2 aromatic rings. The lowest BCUT2D eigenvalue weighted by Gasteiger charge is -1.97. The highest BCUT2D eigenvalue weighted by molar-refractivity contribution is 7.14. The van der Waals surface area contributed by atoms with Crippen LogP contribution in [-0.2, 0) is 11.3 Å². The molecule has 0 amide bonds. The molecule has 0 spiro atoms. The number of thiazole rings is 1. The number of nitrogens with zero attached hydrogens (tertiary/aromatic N) is 1. The van der Waals surface area contributed by atoms with Crippen LogP contribution in [0.25, 0.3) is 10.6 Å². The summed E-state index contributed by atoms with van der Waals surface area (Å²) in [5, 5.41) is 13.3. The Bertz CT molecular complexity index is 533. The minimum Gasteiger partial charge on any atom is -0.478 e. The average molecular weight is 283 g/mol. The lowest BCUT2D eigenvalue weighted by Crippen LogP contribution is -1.93. The van der Waals surface area contributed by atoms with Crippen LogP contribution in [0, 0.1) is 0 Å². The largest absolute Gasteiger partial charge is 0.478 e. The molecule has 1 N–H and O–H groups in total. The topological polar surface area (TPSA) is 59.4 Å². The molecule has 0 radical (unpaired) electrons. The first kappa shape index (κ1) is 13.2. The second-order valence-electron chi connectivity index (χ2n) is 3.68. The van der Waals surface area contributed by atoms with Crippen LogP contribution in [0.5, 0.6) is 0 Å². The number of ether oxygens (including phenoxy) is 1. The highest BCUT2D eigenvalue weighted by Crippen LogP contribution is 2.28. The second kappa shape index (κ2) is 6.08. The van der Waals surface area contributed by atoms with Gasteiger partial charge in [0.15, 0.2) is 0 Å². The molecule has 4 nitrogen and oxygen atoms in total. The molecule has 0 atom stereocenters. The van der Waals surface area contributed by atoms with E-state index in [0.29, 0.717) is 12.2 Å². The van der Waals surface area contributed by atoms with Gasteiger partial charge in [-0.2, -0.15) is 0 Å². The molecule has 6 heteroatoms. The first-order valence-electron chi connectivity index (χ1n) is 5.55. The monoisotopic (exact) mass is 283 g/mol. The first-order valence-corrected chi connectivity index (χ1v) is 7.31. The maximum absolute atomic E-state index is 10.8. The van der Waals surface area contributed by atoms with E-state index in [-0.39, 0.29) is 0 Å². The van der Waals surface area contributed by atoms with Crippen molar-refractivity contribution in [2.45, 2.75) is 20.0 Å². The van der Waals surface area contributed by atoms with Gasteiger partial charge in [0.05, 0.1) is 22.7 Å². The summed E-state index contributed by atoms with van der Waals surface area (Å²) in [4.78, 5) is 16.1. The lowest BCUT2D eigenvalue weighted by atomic mass is 10.3. The van der Waals surface area contributed by atoms with E-state index in [1.807, 2.05) is 5.38 Å². The Morgan fingerprint density at radius 3 is 2.94 bits per heavy atom. The van der Waals surface area contributed by atoms with Crippen LogP contribution < -0.4 is 0 Å². The number of thiophene rings is 1. The fraction of sp³-hybridized carbons (Fsp3) is 0.333. The molecule has 18 heavy (non-hydrogen) atoms. The summed E-state index contributed by atoms with van der Waals surface area (Å²) in [7, 11) is 0. The smallest absolute Gasteiger partial charge is 0.336 e. The minimum absolute atomic E-state index is 0.312. The molecular weight excluding hydrogens is 270 g/mol. The summed E-state index contributed by atoms with van der Waals surface area (Å²) in [6.45, 7) is 3.32. The SMILES string of the molecule is CCCOCc1nc(-c2cc(C(=O)O)cs2)cs1. The van der Waals surface area contributed by atoms with Crippen molar-refractivity contribution in [3.8, 4) is 10.6 Å². The van der Waals surface area contributed by atoms with Crippen LogP contribution in [0.3, 0.4) is 0 Å². The van der Waals surface area contributed by atoms with Crippen molar-refractivity contribution >= 4 is 28.6 Å². The standard InChI is InChI=1S/C12H13NO3S2/c1-2-3-16-5-11-13-9(7-18-11)10-4-8(6-17-10)12(14)15/h4,6-7H,2-3,5H2,1H3,(H,14,15). The molecule has 2 rings (SSSR count). The summed E-state index contributed by atoms with van der Waals surface area (Å²) in [6.07, 6.45) is 0.991. The molecular formula is C12H13NO3S2. The Labute approximate surface area is 113 Å². The summed E-state index contributed by atoms with van der Waals surface area (Å²) in [6, 6.07) is 1.65. The Morgan fingerprint density at radius 2 is 2.28 bits per heavy atom. The summed E-state index contributed by atoms with van der Waals surface area (Å²) < 4.78 is 5.42. The summed E-state index contributed by atoms with van der Waals surface area (Å²) >= 11 is 2.93. The Kier molecular flexibility index (Phi) is 4.46. The van der Waals surface area contributed by atoms with Crippen LogP contribution in [-0.4, -0.2) is 22.7 Å². The third-order valence-corrected chi connectivity index (χ3v) is 4.00. The van der Waals surface area contributed by atoms with Gasteiger partial charge in [-0.1, -0.05) is 6.92 Å². The Hall–Kier alpha value is -1.24. The number of carbonyl (C=O) groups is 1. The Balaban J connectivity index is 2.06. The number of carboxylic acids is 1. The molecule has 96 valence electrons. The highest BCUT2D eigenvalue weighted by Gasteiger charge is 2.10. The van der Waals surface area contributed by atoms with E-state index in [4.69, 9.17) is 9.84 Å². The van der Waals surface area contributed by atoms with Crippen LogP contribution in [0.2, 0.25) is 0 Å². The van der Waals surface area contributed by atoms with Crippen LogP contribution in [0.1, 0.15) is 28.7 Å². The van der Waals surface area contributed by atoms with Crippen LogP contribution >= 0.6 is 22.7 Å². The van der Waals surface area contributed by atoms with Gasteiger partial charge in [-0.3, -0.25) is 0 Å². The third-order valence-electron chi connectivity index (χ3n) is 2.22. The number of hydrogen-bond donors (Lipinski definition) is 1. The average Bonchev–Trinajstić information content (AvgIpc) is 2.97. The molecule has 0 unspecified atom stereocenters. The van der Waals surface area contributed by atoms with Gasteiger partial charge in [-0.25, -0.2) is 9.78 Å². The zero-order valence-electron chi connectivity index (χ0n) is 9.88. The van der Waals surface area contributed by atoms with Gasteiger partial charge in [0.1, 0.15) is 5.01 Å². The number of aromatic carboxylic acids is 1. The van der Waals surface area contributed by atoms with Gasteiger partial charge in [0, 0.05) is 17.4 Å². The lowest BCUT2D eigenvalue weighted by molar-refractivity contribution is 0.0697. The molecule has 0 fully saturated rings. The Morgan fingerprint density at radius 1 is 1.44 bits per heavy atom. The van der Waals surface area contributed by atoms with Crippen molar-refractivity contribution in [1.29, 1.82) is 0 Å². The number of rotatable bonds is 6. The van der Waals surface area contributed by atoms with E-state index in [0.717, 1.165) is 28.6 Å². The van der Waals surface area contributed by atoms with Gasteiger partial charge in [-0.05, 0) is 12.5 Å². The molecule has 0 saturated carbocycles. The fourth-order valence-electron chi connectivity index (χ4n) is 1.38. The van der Waals surface area contributed by atoms with E-state index in [2.05, 4.69) is 11.9 Å². The fourth-order valence-corrected chi connectivity index (χ4v) is 3.02. The van der Waals surface area contributed by atoms with Crippen LogP contribution in [0.4, 0.5) is 0 Å². The van der Waals surface area contributed by atoms with Crippen molar-refractivity contribution in [3.63, 3.8) is 0 Å². The number of aromatic nitrogens is 1. The second-order valence-corrected chi connectivity index (χ2v) is 5.54. The summed E-state index contributed by atoms with van der Waals surface area (Å²) in [5.74, 6) is -0.903. The predicted octanol–water partition coefficient (Wildman–Crippen LogP) is 3.50. The van der Waals surface area contributed by atoms with Gasteiger partial charge < -0.3 is 9.84 Å². The number of carboxylic acid groups (broad SMARTS) is 1. The van der Waals surface area contributed by atoms with Crippen molar-refractivity contribution in [2.75, 3.05) is 6.61 Å². The van der Waals surface area contributed by atoms with E-state index in [1.54, 1.807) is 11.4 Å². The molecule has 0 aliphatic rings. The van der Waals surface area contributed by atoms with Crippen molar-refractivity contribution in [3.05, 3.63) is 27.4 Å². The molecule has 0 aliphatic heterocycles. The van der Waals surface area contributed by atoms with Gasteiger partial charge in [0.2, 0.25) is 0 Å². The molecule has 0 saturated heterocycles. The van der Waals surface area contributed by atoms with Crippen LogP contribution in [0.15, 0.2) is 16.8 Å².